The maximum absolute atomic E-state index is 13.4. The predicted octanol–water partition coefficient (Wildman–Crippen LogP) is 2.26. The fourth-order valence-corrected chi connectivity index (χ4v) is 1.54. The molecule has 0 aromatic heterocycles. The number of likely N-dealkylation sites (N-methyl/N-ethyl adjacent to an activating group) is 1. The Hall–Kier alpha value is -0.930. The molecule has 1 aromatic carbocycles. The molecule has 0 aliphatic heterocycles. The van der Waals surface area contributed by atoms with Gasteiger partial charge in [0, 0.05) is 31.2 Å². The molecule has 0 saturated heterocycles. The SMILES string of the molecule is CC(C)NCCN(C)Cc1ccccc1F. The van der Waals surface area contributed by atoms with E-state index in [1.807, 2.05) is 19.2 Å². The lowest BCUT2D eigenvalue weighted by Crippen LogP contribution is -2.32. The number of hydrogen-bond donors (Lipinski definition) is 1. The molecule has 16 heavy (non-hydrogen) atoms. The molecule has 0 spiro atoms. The Kier molecular flexibility index (Phi) is 5.43. The predicted molar refractivity (Wildman–Crippen MR) is 65.9 cm³/mol. The Morgan fingerprint density at radius 1 is 1.31 bits per heavy atom. The molecule has 0 bridgehead atoms. The van der Waals surface area contributed by atoms with Crippen LogP contribution in [0.1, 0.15) is 19.4 Å². The van der Waals surface area contributed by atoms with Crippen LogP contribution >= 0.6 is 0 Å². The van der Waals surface area contributed by atoms with E-state index in [1.165, 1.54) is 6.07 Å². The molecule has 0 radical (unpaired) electrons. The van der Waals surface area contributed by atoms with Gasteiger partial charge in [-0.1, -0.05) is 32.0 Å². The van der Waals surface area contributed by atoms with Gasteiger partial charge in [-0.3, -0.25) is 0 Å². The van der Waals surface area contributed by atoms with Gasteiger partial charge in [0.05, 0.1) is 0 Å². The molecule has 0 amide bonds. The lowest BCUT2D eigenvalue weighted by molar-refractivity contribution is 0.315. The highest BCUT2D eigenvalue weighted by Crippen LogP contribution is 2.08. The average Bonchev–Trinajstić information content (AvgIpc) is 2.21. The minimum atomic E-state index is -0.119. The molecule has 0 saturated carbocycles. The highest BCUT2D eigenvalue weighted by molar-refractivity contribution is 5.16. The van der Waals surface area contributed by atoms with Crippen LogP contribution in [0.4, 0.5) is 4.39 Å². The van der Waals surface area contributed by atoms with E-state index in [-0.39, 0.29) is 5.82 Å². The minimum absolute atomic E-state index is 0.119. The standard InChI is InChI=1S/C13H21FN2/c1-11(2)15-8-9-16(3)10-12-6-4-5-7-13(12)14/h4-7,11,15H,8-10H2,1-3H3. The normalized spacial score (nSPS) is 11.4. The fourth-order valence-electron chi connectivity index (χ4n) is 1.54. The largest absolute Gasteiger partial charge is 0.313 e. The lowest BCUT2D eigenvalue weighted by atomic mass is 10.2. The van der Waals surface area contributed by atoms with E-state index in [9.17, 15) is 4.39 Å². The maximum Gasteiger partial charge on any atom is 0.127 e. The smallest absolute Gasteiger partial charge is 0.127 e. The van der Waals surface area contributed by atoms with Gasteiger partial charge in [-0.2, -0.15) is 0 Å². The molecule has 2 nitrogen and oxygen atoms in total. The third-order valence-corrected chi connectivity index (χ3v) is 2.44. The topological polar surface area (TPSA) is 15.3 Å². The Balaban J connectivity index is 2.34. The van der Waals surface area contributed by atoms with Crippen molar-refractivity contribution in [2.45, 2.75) is 26.4 Å². The van der Waals surface area contributed by atoms with Crippen LogP contribution in [0, 0.1) is 5.82 Å². The van der Waals surface area contributed by atoms with Crippen molar-refractivity contribution < 1.29 is 4.39 Å². The zero-order chi connectivity index (χ0) is 12.0. The van der Waals surface area contributed by atoms with E-state index in [4.69, 9.17) is 0 Å². The minimum Gasteiger partial charge on any atom is -0.313 e. The summed E-state index contributed by atoms with van der Waals surface area (Å²) in [5.41, 5.74) is 0.759. The van der Waals surface area contributed by atoms with Crippen LogP contribution in [0.2, 0.25) is 0 Å². The van der Waals surface area contributed by atoms with Gasteiger partial charge in [-0.25, -0.2) is 4.39 Å². The van der Waals surface area contributed by atoms with Crippen molar-refractivity contribution in [2.24, 2.45) is 0 Å². The van der Waals surface area contributed by atoms with Gasteiger partial charge >= 0.3 is 0 Å². The van der Waals surface area contributed by atoms with Crippen molar-refractivity contribution in [3.05, 3.63) is 35.6 Å². The van der Waals surface area contributed by atoms with Gasteiger partial charge in [-0.15, -0.1) is 0 Å². The van der Waals surface area contributed by atoms with Crippen LogP contribution < -0.4 is 5.32 Å². The van der Waals surface area contributed by atoms with Crippen LogP contribution in [-0.4, -0.2) is 31.1 Å². The first kappa shape index (κ1) is 13.1. The molecule has 1 rings (SSSR count). The van der Waals surface area contributed by atoms with Crippen molar-refractivity contribution in [3.63, 3.8) is 0 Å². The van der Waals surface area contributed by atoms with Crippen LogP contribution in [0.5, 0.6) is 0 Å². The molecule has 3 heteroatoms. The Morgan fingerprint density at radius 2 is 2.00 bits per heavy atom. The Bertz CT molecular complexity index is 313. The van der Waals surface area contributed by atoms with Gasteiger partial charge in [0.2, 0.25) is 0 Å². The number of benzene rings is 1. The van der Waals surface area contributed by atoms with Crippen molar-refractivity contribution in [1.82, 2.24) is 10.2 Å². The number of nitrogens with zero attached hydrogens (tertiary/aromatic N) is 1. The van der Waals surface area contributed by atoms with Crippen LogP contribution in [0.3, 0.4) is 0 Å². The summed E-state index contributed by atoms with van der Waals surface area (Å²) < 4.78 is 13.4. The van der Waals surface area contributed by atoms with Crippen molar-refractivity contribution >= 4 is 0 Å². The fraction of sp³-hybridized carbons (Fsp3) is 0.538. The quantitative estimate of drug-likeness (QED) is 0.797. The van der Waals surface area contributed by atoms with Gasteiger partial charge in [0.15, 0.2) is 0 Å². The molecule has 1 N–H and O–H groups in total. The van der Waals surface area contributed by atoms with Gasteiger partial charge in [0.1, 0.15) is 5.82 Å². The molecular formula is C13H21FN2. The summed E-state index contributed by atoms with van der Waals surface area (Å²) in [7, 11) is 2.01. The third kappa shape index (κ3) is 4.73. The first-order valence-electron chi connectivity index (χ1n) is 5.75. The molecule has 90 valence electrons. The maximum atomic E-state index is 13.4. The van der Waals surface area contributed by atoms with Crippen LogP contribution in [0.25, 0.3) is 0 Å². The van der Waals surface area contributed by atoms with E-state index >= 15 is 0 Å². The summed E-state index contributed by atoms with van der Waals surface area (Å²) in [6.45, 7) is 6.76. The molecule has 0 heterocycles. The number of rotatable bonds is 6. The number of hydrogen-bond acceptors (Lipinski definition) is 2. The summed E-state index contributed by atoms with van der Waals surface area (Å²) in [5, 5.41) is 3.34. The van der Waals surface area contributed by atoms with Crippen molar-refractivity contribution in [1.29, 1.82) is 0 Å². The van der Waals surface area contributed by atoms with E-state index in [0.717, 1.165) is 18.7 Å². The van der Waals surface area contributed by atoms with Crippen molar-refractivity contribution in [2.75, 3.05) is 20.1 Å². The summed E-state index contributed by atoms with van der Waals surface area (Å²) >= 11 is 0. The second-order valence-corrected chi connectivity index (χ2v) is 4.44. The molecule has 0 fully saturated rings. The van der Waals surface area contributed by atoms with Gasteiger partial charge in [-0.05, 0) is 13.1 Å². The van der Waals surface area contributed by atoms with E-state index in [1.54, 1.807) is 6.07 Å². The van der Waals surface area contributed by atoms with E-state index in [2.05, 4.69) is 24.1 Å². The Morgan fingerprint density at radius 3 is 2.62 bits per heavy atom. The lowest BCUT2D eigenvalue weighted by Gasteiger charge is -2.18. The summed E-state index contributed by atoms with van der Waals surface area (Å²) in [4.78, 5) is 2.12. The molecule has 1 aromatic rings. The zero-order valence-corrected chi connectivity index (χ0v) is 10.3. The zero-order valence-electron chi connectivity index (χ0n) is 10.3. The van der Waals surface area contributed by atoms with Gasteiger partial charge in [0.25, 0.3) is 0 Å². The van der Waals surface area contributed by atoms with Crippen molar-refractivity contribution in [3.8, 4) is 0 Å². The van der Waals surface area contributed by atoms with Crippen LogP contribution in [-0.2, 0) is 6.54 Å². The molecule has 0 aliphatic rings. The van der Waals surface area contributed by atoms with Crippen LogP contribution in [0.15, 0.2) is 24.3 Å². The number of halogens is 1. The summed E-state index contributed by atoms with van der Waals surface area (Å²) in [6.07, 6.45) is 0. The second-order valence-electron chi connectivity index (χ2n) is 4.44. The highest BCUT2D eigenvalue weighted by Gasteiger charge is 2.04. The van der Waals surface area contributed by atoms with E-state index < -0.39 is 0 Å². The Labute approximate surface area is 97.5 Å². The molecule has 0 aliphatic carbocycles. The first-order chi connectivity index (χ1) is 7.59. The molecular weight excluding hydrogens is 203 g/mol. The average molecular weight is 224 g/mol. The first-order valence-corrected chi connectivity index (χ1v) is 5.75. The van der Waals surface area contributed by atoms with Gasteiger partial charge < -0.3 is 10.2 Å². The number of nitrogens with one attached hydrogen (secondary N) is 1. The third-order valence-electron chi connectivity index (χ3n) is 2.44. The molecule has 0 unspecified atom stereocenters. The summed E-state index contributed by atoms with van der Waals surface area (Å²) in [6, 6.07) is 7.44. The van der Waals surface area contributed by atoms with E-state index in [0.29, 0.717) is 12.6 Å². The highest BCUT2D eigenvalue weighted by atomic mass is 19.1. The summed E-state index contributed by atoms with van der Waals surface area (Å²) in [5.74, 6) is -0.119. The molecule has 0 atom stereocenters. The monoisotopic (exact) mass is 224 g/mol. The second kappa shape index (κ2) is 6.61.